The van der Waals surface area contributed by atoms with E-state index < -0.39 is 5.97 Å². The van der Waals surface area contributed by atoms with Crippen LogP contribution in [0.2, 0.25) is 0 Å². The van der Waals surface area contributed by atoms with Gasteiger partial charge in [-0.1, -0.05) is 6.07 Å². The summed E-state index contributed by atoms with van der Waals surface area (Å²) in [6, 6.07) is 5.67. The number of carbonyl (C=O) groups is 2. The number of nitrogens with one attached hydrogen (secondary N) is 2. The summed E-state index contributed by atoms with van der Waals surface area (Å²) in [5, 5.41) is 11.1. The second-order valence-corrected chi connectivity index (χ2v) is 5.90. The number of hydrogen-bond donors (Lipinski definition) is 2. The van der Waals surface area contributed by atoms with Crippen LogP contribution in [0.25, 0.3) is 5.65 Å². The molecule has 3 heterocycles. The highest BCUT2D eigenvalue weighted by molar-refractivity contribution is 6.00. The fourth-order valence-corrected chi connectivity index (χ4v) is 2.92. The molecule has 3 aromatic heterocycles. The van der Waals surface area contributed by atoms with E-state index in [0.717, 1.165) is 11.5 Å². The minimum atomic E-state index is -0.423. The zero-order chi connectivity index (χ0) is 18.7. The fourth-order valence-electron chi connectivity index (χ4n) is 2.92. The van der Waals surface area contributed by atoms with Crippen molar-refractivity contribution in [3.63, 3.8) is 0 Å². The monoisotopic (exact) mass is 355 g/mol. The number of nitrogens with zero attached hydrogens (tertiary/aromatic N) is 3. The lowest BCUT2D eigenvalue weighted by Crippen LogP contribution is -2.27. The number of ether oxygens (including phenoxy) is 1. The minimum absolute atomic E-state index is 0.269. The quantitative estimate of drug-likeness (QED) is 0.657. The van der Waals surface area contributed by atoms with Crippen LogP contribution in [0, 0.1) is 13.8 Å². The van der Waals surface area contributed by atoms with Gasteiger partial charge in [-0.05, 0) is 38.5 Å². The van der Waals surface area contributed by atoms with Gasteiger partial charge < -0.3 is 15.0 Å². The van der Waals surface area contributed by atoms with Gasteiger partial charge in [-0.3, -0.25) is 9.20 Å². The highest BCUT2D eigenvalue weighted by atomic mass is 16.5. The van der Waals surface area contributed by atoms with Crippen molar-refractivity contribution in [1.29, 1.82) is 0 Å². The Balaban J connectivity index is 1.67. The van der Waals surface area contributed by atoms with E-state index in [1.165, 1.54) is 0 Å². The number of esters is 1. The SMILES string of the molecule is CCOC(=O)c1c(C)[nH]c(C(=O)NCCc2nnc3ccccn23)c1C. The number of aryl methyl sites for hydroxylation is 1. The smallest absolute Gasteiger partial charge is 0.340 e. The average molecular weight is 355 g/mol. The summed E-state index contributed by atoms with van der Waals surface area (Å²) < 4.78 is 6.93. The lowest BCUT2D eigenvalue weighted by molar-refractivity contribution is 0.0525. The van der Waals surface area contributed by atoms with Crippen molar-refractivity contribution >= 4 is 17.5 Å². The molecular weight excluding hydrogens is 334 g/mol. The van der Waals surface area contributed by atoms with E-state index in [0.29, 0.717) is 35.5 Å². The molecule has 2 N–H and O–H groups in total. The van der Waals surface area contributed by atoms with Crippen LogP contribution < -0.4 is 5.32 Å². The third-order valence-electron chi connectivity index (χ3n) is 4.16. The highest BCUT2D eigenvalue weighted by Crippen LogP contribution is 2.19. The Hall–Kier alpha value is -3.16. The first kappa shape index (κ1) is 17.7. The topological polar surface area (TPSA) is 101 Å². The Bertz CT molecular complexity index is 957. The highest BCUT2D eigenvalue weighted by Gasteiger charge is 2.22. The molecule has 3 rings (SSSR count). The van der Waals surface area contributed by atoms with Gasteiger partial charge in [-0.15, -0.1) is 10.2 Å². The molecule has 0 fully saturated rings. The van der Waals surface area contributed by atoms with Crippen molar-refractivity contribution in [2.24, 2.45) is 0 Å². The summed E-state index contributed by atoms with van der Waals surface area (Å²) in [5.41, 5.74) is 2.77. The molecular formula is C18H21N5O3. The molecule has 0 aliphatic carbocycles. The normalized spacial score (nSPS) is 10.9. The summed E-state index contributed by atoms with van der Waals surface area (Å²) in [6.45, 7) is 5.92. The molecule has 0 unspecified atom stereocenters. The molecule has 8 heteroatoms. The molecule has 136 valence electrons. The van der Waals surface area contributed by atoms with Crippen molar-refractivity contribution in [2.75, 3.05) is 13.2 Å². The first-order valence-corrected chi connectivity index (χ1v) is 8.46. The van der Waals surface area contributed by atoms with Crippen molar-refractivity contribution < 1.29 is 14.3 Å². The third-order valence-corrected chi connectivity index (χ3v) is 4.16. The Labute approximate surface area is 150 Å². The third kappa shape index (κ3) is 3.30. The van der Waals surface area contributed by atoms with Crippen molar-refractivity contribution in [3.05, 3.63) is 52.7 Å². The second kappa shape index (κ2) is 7.38. The largest absolute Gasteiger partial charge is 0.462 e. The van der Waals surface area contributed by atoms with Gasteiger partial charge in [0.15, 0.2) is 5.65 Å². The molecule has 0 aliphatic heterocycles. The van der Waals surface area contributed by atoms with Crippen LogP contribution in [0.1, 0.15) is 44.9 Å². The van der Waals surface area contributed by atoms with Gasteiger partial charge in [0.05, 0.1) is 12.2 Å². The second-order valence-electron chi connectivity index (χ2n) is 5.90. The Morgan fingerprint density at radius 3 is 2.85 bits per heavy atom. The summed E-state index contributed by atoms with van der Waals surface area (Å²) in [7, 11) is 0. The summed E-state index contributed by atoms with van der Waals surface area (Å²) in [6.07, 6.45) is 2.43. The van der Waals surface area contributed by atoms with Gasteiger partial charge in [0, 0.05) is 24.9 Å². The fraction of sp³-hybridized carbons (Fsp3) is 0.333. The van der Waals surface area contributed by atoms with Gasteiger partial charge in [0.25, 0.3) is 5.91 Å². The van der Waals surface area contributed by atoms with E-state index in [4.69, 9.17) is 4.74 Å². The van der Waals surface area contributed by atoms with Gasteiger partial charge in [-0.25, -0.2) is 4.79 Å². The molecule has 1 amide bonds. The maximum Gasteiger partial charge on any atom is 0.340 e. The molecule has 0 aromatic carbocycles. The molecule has 0 aliphatic rings. The number of carbonyl (C=O) groups excluding carboxylic acids is 2. The van der Waals surface area contributed by atoms with Gasteiger partial charge in [-0.2, -0.15) is 0 Å². The van der Waals surface area contributed by atoms with E-state index in [1.54, 1.807) is 20.8 Å². The van der Waals surface area contributed by atoms with E-state index >= 15 is 0 Å². The number of H-pyrrole nitrogens is 1. The lowest BCUT2D eigenvalue weighted by atomic mass is 10.1. The molecule has 0 radical (unpaired) electrons. The molecule has 3 aromatic rings. The van der Waals surface area contributed by atoms with Gasteiger partial charge in [0.2, 0.25) is 0 Å². The zero-order valence-corrected chi connectivity index (χ0v) is 15.0. The van der Waals surface area contributed by atoms with Crippen molar-refractivity contribution in [2.45, 2.75) is 27.2 Å². The molecule has 8 nitrogen and oxygen atoms in total. The van der Waals surface area contributed by atoms with Gasteiger partial charge >= 0.3 is 5.97 Å². The number of aromatic nitrogens is 4. The predicted octanol–water partition coefficient (Wildman–Crippen LogP) is 1.82. The first-order chi connectivity index (χ1) is 12.5. The number of amides is 1. The number of pyridine rings is 1. The standard InChI is InChI=1S/C18H21N5O3/c1-4-26-18(25)15-11(2)16(20-12(15)3)17(24)19-9-8-14-22-21-13-7-5-6-10-23(13)14/h5-7,10,20H,4,8-9H2,1-3H3,(H,19,24). The Morgan fingerprint density at radius 2 is 2.08 bits per heavy atom. The maximum atomic E-state index is 12.5. The minimum Gasteiger partial charge on any atom is -0.462 e. The van der Waals surface area contributed by atoms with Gasteiger partial charge in [0.1, 0.15) is 11.5 Å². The van der Waals surface area contributed by atoms with Crippen LogP contribution in [-0.2, 0) is 11.2 Å². The molecule has 0 saturated carbocycles. The summed E-state index contributed by atoms with van der Waals surface area (Å²) in [4.78, 5) is 27.5. The van der Waals surface area contributed by atoms with Crippen LogP contribution in [0.15, 0.2) is 24.4 Å². The molecule has 0 bridgehead atoms. The zero-order valence-electron chi connectivity index (χ0n) is 15.0. The summed E-state index contributed by atoms with van der Waals surface area (Å²) in [5.74, 6) is 0.0789. The van der Waals surface area contributed by atoms with Crippen molar-refractivity contribution in [3.8, 4) is 0 Å². The molecule has 0 saturated heterocycles. The Morgan fingerprint density at radius 1 is 1.27 bits per heavy atom. The van der Waals surface area contributed by atoms with Crippen LogP contribution >= 0.6 is 0 Å². The molecule has 0 atom stereocenters. The Kier molecular flexibility index (Phi) is 5.01. The number of aromatic amines is 1. The lowest BCUT2D eigenvalue weighted by Gasteiger charge is -2.05. The number of fused-ring (bicyclic) bond motifs is 1. The van der Waals surface area contributed by atoms with E-state index in [9.17, 15) is 9.59 Å². The first-order valence-electron chi connectivity index (χ1n) is 8.46. The van der Waals surface area contributed by atoms with Crippen LogP contribution in [0.5, 0.6) is 0 Å². The number of hydrogen-bond acceptors (Lipinski definition) is 5. The molecule has 26 heavy (non-hydrogen) atoms. The maximum absolute atomic E-state index is 12.5. The van der Waals surface area contributed by atoms with E-state index in [1.807, 2.05) is 28.8 Å². The molecule has 0 spiro atoms. The van der Waals surface area contributed by atoms with E-state index in [-0.39, 0.29) is 12.5 Å². The van der Waals surface area contributed by atoms with E-state index in [2.05, 4.69) is 20.5 Å². The van der Waals surface area contributed by atoms with Crippen LogP contribution in [-0.4, -0.2) is 44.6 Å². The van der Waals surface area contributed by atoms with Crippen LogP contribution in [0.4, 0.5) is 0 Å². The number of rotatable bonds is 6. The van der Waals surface area contributed by atoms with Crippen molar-refractivity contribution in [1.82, 2.24) is 24.9 Å². The summed E-state index contributed by atoms with van der Waals surface area (Å²) >= 11 is 0. The average Bonchev–Trinajstić information content (AvgIpc) is 3.16. The predicted molar refractivity (Wildman–Crippen MR) is 95.2 cm³/mol. The van der Waals surface area contributed by atoms with Crippen LogP contribution in [0.3, 0.4) is 0 Å².